The summed E-state index contributed by atoms with van der Waals surface area (Å²) in [7, 11) is 0. The summed E-state index contributed by atoms with van der Waals surface area (Å²) in [5, 5.41) is 0.606. The van der Waals surface area contributed by atoms with Crippen LogP contribution in [0.25, 0.3) is 0 Å². The standard InChI is InChI=1S/C28H39ClF2/c1-25(2,3)19-12-11-18(15-23(19)30)27(7,8)13-14-28(9,10)20-17-24(31)21(16-22(20)29)26(4,5)6/h11-12,15-17H,13-14H2,1-10H3. The van der Waals surface area contributed by atoms with E-state index in [-0.39, 0.29) is 33.3 Å². The summed E-state index contributed by atoms with van der Waals surface area (Å²) in [5.41, 5.74) is 2.11. The molecule has 0 atom stereocenters. The highest BCUT2D eigenvalue weighted by Gasteiger charge is 2.31. The molecule has 3 heteroatoms. The minimum atomic E-state index is -0.310. The van der Waals surface area contributed by atoms with Gasteiger partial charge in [0.15, 0.2) is 0 Å². The molecule has 0 radical (unpaired) electrons. The van der Waals surface area contributed by atoms with Gasteiger partial charge in [0.25, 0.3) is 0 Å². The second-order valence-corrected chi connectivity index (χ2v) is 12.7. The number of halogens is 3. The second-order valence-electron chi connectivity index (χ2n) is 12.3. The SMILES string of the molecule is CC(C)(C)c1ccc(C(C)(C)CCC(C)(C)c2cc(F)c(C(C)(C)C)cc2Cl)cc1F. The van der Waals surface area contributed by atoms with Gasteiger partial charge in [-0.25, -0.2) is 8.78 Å². The zero-order valence-electron chi connectivity index (χ0n) is 20.9. The third-order valence-corrected chi connectivity index (χ3v) is 6.84. The van der Waals surface area contributed by atoms with E-state index in [9.17, 15) is 8.78 Å². The van der Waals surface area contributed by atoms with Crippen molar-refractivity contribution in [1.29, 1.82) is 0 Å². The molecule has 0 aliphatic carbocycles. The third kappa shape index (κ3) is 5.89. The van der Waals surface area contributed by atoms with Crippen LogP contribution in [-0.4, -0.2) is 0 Å². The van der Waals surface area contributed by atoms with E-state index in [0.717, 1.165) is 29.5 Å². The molecule has 2 aromatic carbocycles. The zero-order chi connectivity index (χ0) is 24.0. The lowest BCUT2D eigenvalue weighted by Gasteiger charge is -2.33. The predicted molar refractivity (Wildman–Crippen MR) is 130 cm³/mol. The third-order valence-electron chi connectivity index (χ3n) is 6.53. The fraction of sp³-hybridized carbons (Fsp3) is 0.571. The van der Waals surface area contributed by atoms with Crippen LogP contribution in [0.2, 0.25) is 5.02 Å². The van der Waals surface area contributed by atoms with Crippen molar-refractivity contribution in [3.8, 4) is 0 Å². The van der Waals surface area contributed by atoms with Gasteiger partial charge in [0, 0.05) is 5.02 Å². The molecule has 31 heavy (non-hydrogen) atoms. The van der Waals surface area contributed by atoms with E-state index in [1.54, 1.807) is 18.2 Å². The van der Waals surface area contributed by atoms with Gasteiger partial charge in [-0.2, -0.15) is 0 Å². The van der Waals surface area contributed by atoms with Crippen LogP contribution < -0.4 is 0 Å². The molecule has 0 fully saturated rings. The Bertz CT molecular complexity index is 941. The summed E-state index contributed by atoms with van der Waals surface area (Å²) in [4.78, 5) is 0. The summed E-state index contributed by atoms with van der Waals surface area (Å²) < 4.78 is 29.7. The molecule has 0 N–H and O–H groups in total. The van der Waals surface area contributed by atoms with Crippen molar-refractivity contribution in [2.75, 3.05) is 0 Å². The van der Waals surface area contributed by atoms with Crippen LogP contribution in [0.15, 0.2) is 30.3 Å². The zero-order valence-corrected chi connectivity index (χ0v) is 21.7. The van der Waals surface area contributed by atoms with Crippen LogP contribution in [-0.2, 0) is 21.7 Å². The maximum atomic E-state index is 14.9. The molecular formula is C28H39ClF2. The van der Waals surface area contributed by atoms with Gasteiger partial charge in [-0.15, -0.1) is 0 Å². The first-order valence-corrected chi connectivity index (χ1v) is 11.5. The summed E-state index contributed by atoms with van der Waals surface area (Å²) in [5.74, 6) is -0.362. The minimum Gasteiger partial charge on any atom is -0.207 e. The molecule has 0 bridgehead atoms. The molecule has 0 aliphatic heterocycles. The normalized spacial score (nSPS) is 13.6. The first-order valence-electron chi connectivity index (χ1n) is 11.2. The van der Waals surface area contributed by atoms with Gasteiger partial charge >= 0.3 is 0 Å². The van der Waals surface area contributed by atoms with Crippen LogP contribution >= 0.6 is 11.6 Å². The Labute approximate surface area is 193 Å². The maximum Gasteiger partial charge on any atom is 0.127 e. The molecule has 0 aromatic heterocycles. The Morgan fingerprint density at radius 2 is 1.10 bits per heavy atom. The Balaban J connectivity index is 2.29. The van der Waals surface area contributed by atoms with Gasteiger partial charge in [-0.1, -0.05) is 93.0 Å². The molecule has 0 spiro atoms. The summed E-state index contributed by atoms with van der Waals surface area (Å²) in [6.45, 7) is 20.5. The first-order chi connectivity index (χ1) is 13.9. The quantitative estimate of drug-likeness (QED) is 0.427. The van der Waals surface area contributed by atoms with Gasteiger partial charge in [0.2, 0.25) is 0 Å². The number of hydrogen-bond donors (Lipinski definition) is 0. The van der Waals surface area contributed by atoms with E-state index >= 15 is 0 Å². The molecule has 0 aliphatic rings. The molecule has 2 rings (SSSR count). The van der Waals surface area contributed by atoms with Crippen LogP contribution in [0.5, 0.6) is 0 Å². The van der Waals surface area contributed by atoms with Gasteiger partial charge in [-0.3, -0.25) is 0 Å². The fourth-order valence-corrected chi connectivity index (χ4v) is 4.51. The number of hydrogen-bond acceptors (Lipinski definition) is 0. The molecule has 0 amide bonds. The number of benzene rings is 2. The number of rotatable bonds is 5. The molecule has 172 valence electrons. The van der Waals surface area contributed by atoms with Crippen LogP contribution in [0, 0.1) is 11.6 Å². The Morgan fingerprint density at radius 1 is 0.613 bits per heavy atom. The van der Waals surface area contributed by atoms with E-state index in [2.05, 4.69) is 27.7 Å². The van der Waals surface area contributed by atoms with Crippen molar-refractivity contribution in [1.82, 2.24) is 0 Å². The predicted octanol–water partition coefficient (Wildman–Crippen LogP) is 9.25. The molecular weight excluding hydrogens is 410 g/mol. The van der Waals surface area contributed by atoms with Crippen molar-refractivity contribution < 1.29 is 8.78 Å². The van der Waals surface area contributed by atoms with E-state index < -0.39 is 0 Å². The Hall–Kier alpha value is -1.41. The smallest absolute Gasteiger partial charge is 0.127 e. The summed E-state index contributed by atoms with van der Waals surface area (Å²) in [6.07, 6.45) is 1.63. The van der Waals surface area contributed by atoms with Gasteiger partial charge in [-0.05, 0) is 75.0 Å². The van der Waals surface area contributed by atoms with Gasteiger partial charge < -0.3 is 0 Å². The van der Waals surface area contributed by atoms with Crippen LogP contribution in [0.3, 0.4) is 0 Å². The van der Waals surface area contributed by atoms with Crippen molar-refractivity contribution in [2.24, 2.45) is 0 Å². The molecule has 0 nitrogen and oxygen atoms in total. The molecule has 0 unspecified atom stereocenters. The average molecular weight is 449 g/mol. The van der Waals surface area contributed by atoms with Gasteiger partial charge in [0.05, 0.1) is 0 Å². The molecule has 0 saturated carbocycles. The highest BCUT2D eigenvalue weighted by Crippen LogP contribution is 2.41. The summed E-state index contributed by atoms with van der Waals surface area (Å²) in [6, 6.07) is 9.02. The molecule has 0 saturated heterocycles. The Kier molecular flexibility index (Phi) is 7.09. The fourth-order valence-electron chi connectivity index (χ4n) is 4.09. The highest BCUT2D eigenvalue weighted by molar-refractivity contribution is 6.31. The Morgan fingerprint density at radius 3 is 1.58 bits per heavy atom. The average Bonchev–Trinajstić information content (AvgIpc) is 2.59. The lowest BCUT2D eigenvalue weighted by Crippen LogP contribution is -2.26. The van der Waals surface area contributed by atoms with Crippen molar-refractivity contribution >= 4 is 11.6 Å². The topological polar surface area (TPSA) is 0 Å². The van der Waals surface area contributed by atoms with Crippen molar-refractivity contribution in [3.05, 3.63) is 69.2 Å². The molecule has 0 heterocycles. The first kappa shape index (κ1) is 25.8. The van der Waals surface area contributed by atoms with E-state index in [0.29, 0.717) is 10.6 Å². The van der Waals surface area contributed by atoms with Gasteiger partial charge in [0.1, 0.15) is 11.6 Å². The van der Waals surface area contributed by atoms with E-state index in [4.69, 9.17) is 11.6 Å². The monoisotopic (exact) mass is 448 g/mol. The minimum absolute atomic E-state index is 0.153. The van der Waals surface area contributed by atoms with E-state index in [1.807, 2.05) is 53.7 Å². The van der Waals surface area contributed by atoms with Crippen molar-refractivity contribution in [3.63, 3.8) is 0 Å². The van der Waals surface area contributed by atoms with Crippen molar-refractivity contribution in [2.45, 2.75) is 104 Å². The van der Waals surface area contributed by atoms with Crippen LogP contribution in [0.1, 0.15) is 104 Å². The van der Waals surface area contributed by atoms with E-state index in [1.165, 1.54) is 0 Å². The van der Waals surface area contributed by atoms with Crippen LogP contribution in [0.4, 0.5) is 8.78 Å². The molecule has 2 aromatic rings. The lowest BCUT2D eigenvalue weighted by molar-refractivity contribution is 0.372. The highest BCUT2D eigenvalue weighted by atomic mass is 35.5. The second kappa shape index (κ2) is 8.50. The largest absolute Gasteiger partial charge is 0.207 e. The lowest BCUT2D eigenvalue weighted by atomic mass is 9.72. The summed E-state index contributed by atoms with van der Waals surface area (Å²) >= 11 is 6.62. The maximum absolute atomic E-state index is 14.9.